The van der Waals surface area contributed by atoms with Crippen molar-refractivity contribution in [1.82, 2.24) is 4.98 Å². The zero-order chi connectivity index (χ0) is 14.5. The zero-order valence-corrected chi connectivity index (χ0v) is 10.8. The molecule has 5 nitrogen and oxygen atoms in total. The lowest BCUT2D eigenvalue weighted by Gasteiger charge is -2.08. The van der Waals surface area contributed by atoms with E-state index in [1.165, 1.54) is 30.5 Å². The number of carbonyl (C=O) groups is 1. The molecule has 0 saturated heterocycles. The van der Waals surface area contributed by atoms with Gasteiger partial charge in [-0.3, -0.25) is 0 Å². The zero-order valence-electron chi connectivity index (χ0n) is 10.8. The Hall–Kier alpha value is -2.63. The Balaban J connectivity index is 2.25. The van der Waals surface area contributed by atoms with Gasteiger partial charge in [-0.15, -0.1) is 0 Å². The third kappa shape index (κ3) is 3.23. The summed E-state index contributed by atoms with van der Waals surface area (Å²) in [5.74, 6) is -0.579. The number of carbonyl (C=O) groups excluding carboxylic acids is 1. The number of hydrogen-bond acceptors (Lipinski definition) is 5. The van der Waals surface area contributed by atoms with Gasteiger partial charge in [0.1, 0.15) is 11.6 Å². The molecule has 1 aromatic carbocycles. The summed E-state index contributed by atoms with van der Waals surface area (Å²) in [6.07, 6.45) is 1.29. The molecule has 0 radical (unpaired) electrons. The molecule has 0 bridgehead atoms. The molecule has 104 valence electrons. The largest absolute Gasteiger partial charge is 0.462 e. The molecule has 6 heteroatoms. The number of ether oxygens (including phenoxy) is 2. The van der Waals surface area contributed by atoms with E-state index in [9.17, 15) is 9.18 Å². The Bertz CT molecular complexity index is 632. The number of anilines is 1. The molecule has 0 atom stereocenters. The number of pyridine rings is 1. The summed E-state index contributed by atoms with van der Waals surface area (Å²) in [7, 11) is 0. The molecule has 0 saturated carbocycles. The molecule has 0 aliphatic heterocycles. The number of esters is 1. The van der Waals surface area contributed by atoms with Crippen molar-refractivity contribution in [2.75, 3.05) is 12.3 Å². The van der Waals surface area contributed by atoms with E-state index in [-0.39, 0.29) is 29.5 Å². The molecule has 0 aliphatic rings. The maximum absolute atomic E-state index is 13.0. The molecule has 1 heterocycles. The first-order chi connectivity index (χ1) is 9.60. The molecule has 0 fully saturated rings. The van der Waals surface area contributed by atoms with E-state index in [2.05, 4.69) is 4.98 Å². The summed E-state index contributed by atoms with van der Waals surface area (Å²) in [5, 5.41) is 0. The normalized spacial score (nSPS) is 10.1. The van der Waals surface area contributed by atoms with Crippen LogP contribution in [0.1, 0.15) is 17.3 Å². The van der Waals surface area contributed by atoms with Crippen LogP contribution in [-0.2, 0) is 4.74 Å². The first-order valence-electron chi connectivity index (χ1n) is 5.96. The molecular weight excluding hydrogens is 263 g/mol. The van der Waals surface area contributed by atoms with Gasteiger partial charge in [0.2, 0.25) is 5.88 Å². The first-order valence-corrected chi connectivity index (χ1v) is 5.96. The summed E-state index contributed by atoms with van der Waals surface area (Å²) in [5.41, 5.74) is 6.01. The number of hydrogen-bond donors (Lipinski definition) is 1. The Kier molecular flexibility index (Phi) is 4.14. The van der Waals surface area contributed by atoms with Gasteiger partial charge < -0.3 is 15.2 Å². The fourth-order valence-electron chi connectivity index (χ4n) is 1.54. The smallest absolute Gasteiger partial charge is 0.340 e. The van der Waals surface area contributed by atoms with E-state index < -0.39 is 11.8 Å². The highest BCUT2D eigenvalue weighted by Crippen LogP contribution is 2.23. The summed E-state index contributed by atoms with van der Waals surface area (Å²) in [6, 6.07) is 6.95. The second kappa shape index (κ2) is 6.01. The van der Waals surface area contributed by atoms with E-state index in [0.717, 1.165) is 0 Å². The monoisotopic (exact) mass is 276 g/mol. The van der Waals surface area contributed by atoms with E-state index in [4.69, 9.17) is 15.2 Å². The molecule has 0 unspecified atom stereocenters. The van der Waals surface area contributed by atoms with Gasteiger partial charge in [0.25, 0.3) is 0 Å². The van der Waals surface area contributed by atoms with E-state index in [1.54, 1.807) is 13.0 Å². The van der Waals surface area contributed by atoms with Crippen molar-refractivity contribution < 1.29 is 18.7 Å². The first kappa shape index (κ1) is 13.8. The summed E-state index contributed by atoms with van der Waals surface area (Å²) in [6.45, 7) is 1.93. The molecule has 2 aromatic rings. The molecule has 2 rings (SSSR count). The van der Waals surface area contributed by atoms with E-state index in [1.807, 2.05) is 0 Å². The second-order valence-electron chi connectivity index (χ2n) is 3.89. The highest BCUT2D eigenvalue weighted by atomic mass is 19.1. The van der Waals surface area contributed by atoms with Gasteiger partial charge >= 0.3 is 5.97 Å². The number of halogens is 1. The molecule has 1 aromatic heterocycles. The number of benzene rings is 1. The van der Waals surface area contributed by atoms with Crippen LogP contribution in [0.15, 0.2) is 36.5 Å². The van der Waals surface area contributed by atoms with Gasteiger partial charge in [0, 0.05) is 12.1 Å². The van der Waals surface area contributed by atoms with Crippen LogP contribution in [0.5, 0.6) is 11.6 Å². The van der Waals surface area contributed by atoms with Crippen molar-refractivity contribution in [3.05, 3.63) is 47.9 Å². The topological polar surface area (TPSA) is 74.4 Å². The molecule has 0 amide bonds. The molecular formula is C14H13FN2O3. The van der Waals surface area contributed by atoms with Gasteiger partial charge in [-0.05, 0) is 19.1 Å². The highest BCUT2D eigenvalue weighted by Gasteiger charge is 2.13. The van der Waals surface area contributed by atoms with Gasteiger partial charge in [0.15, 0.2) is 0 Å². The van der Waals surface area contributed by atoms with Crippen molar-refractivity contribution in [3.63, 3.8) is 0 Å². The third-order valence-electron chi connectivity index (χ3n) is 2.42. The number of nitrogens with zero attached hydrogens (tertiary/aromatic N) is 1. The number of nitrogens with two attached hydrogens (primary N) is 1. The standard InChI is InChI=1S/C14H13FN2O3/c1-2-19-14(18)11-7-13(17-8-12(11)16)20-10-5-3-4-9(15)6-10/h3-8H,2,16H2,1H3. The van der Waals surface area contributed by atoms with Crippen LogP contribution in [0, 0.1) is 5.82 Å². The predicted octanol–water partition coefficient (Wildman–Crippen LogP) is 2.77. The Labute approximate surface area is 115 Å². The maximum atomic E-state index is 13.0. The summed E-state index contributed by atoms with van der Waals surface area (Å²) < 4.78 is 23.3. The summed E-state index contributed by atoms with van der Waals surface area (Å²) >= 11 is 0. The quantitative estimate of drug-likeness (QED) is 0.869. The molecule has 2 N–H and O–H groups in total. The van der Waals surface area contributed by atoms with Crippen molar-refractivity contribution in [3.8, 4) is 11.6 Å². The number of aromatic nitrogens is 1. The van der Waals surface area contributed by atoms with Gasteiger partial charge in [-0.25, -0.2) is 14.2 Å². The molecule has 20 heavy (non-hydrogen) atoms. The minimum Gasteiger partial charge on any atom is -0.462 e. The average molecular weight is 276 g/mol. The SMILES string of the molecule is CCOC(=O)c1cc(Oc2cccc(F)c2)ncc1N. The van der Waals surface area contributed by atoms with Crippen LogP contribution in [0.3, 0.4) is 0 Å². The minimum absolute atomic E-state index is 0.132. The second-order valence-corrected chi connectivity index (χ2v) is 3.89. The van der Waals surface area contributed by atoms with Gasteiger partial charge in [0.05, 0.1) is 24.1 Å². The van der Waals surface area contributed by atoms with Gasteiger partial charge in [-0.2, -0.15) is 0 Å². The minimum atomic E-state index is -0.559. The lowest BCUT2D eigenvalue weighted by atomic mass is 10.2. The average Bonchev–Trinajstić information content (AvgIpc) is 2.41. The Morgan fingerprint density at radius 1 is 1.40 bits per heavy atom. The predicted molar refractivity (Wildman–Crippen MR) is 71.1 cm³/mol. The van der Waals surface area contributed by atoms with Crippen molar-refractivity contribution in [2.45, 2.75) is 6.92 Å². The lowest BCUT2D eigenvalue weighted by Crippen LogP contribution is -2.08. The van der Waals surface area contributed by atoms with E-state index >= 15 is 0 Å². The van der Waals surface area contributed by atoms with Gasteiger partial charge in [-0.1, -0.05) is 6.07 Å². The van der Waals surface area contributed by atoms with Crippen molar-refractivity contribution in [1.29, 1.82) is 0 Å². The van der Waals surface area contributed by atoms with Crippen LogP contribution in [0.2, 0.25) is 0 Å². The van der Waals surface area contributed by atoms with Crippen LogP contribution < -0.4 is 10.5 Å². The van der Waals surface area contributed by atoms with Crippen molar-refractivity contribution >= 4 is 11.7 Å². The Morgan fingerprint density at radius 3 is 2.90 bits per heavy atom. The van der Waals surface area contributed by atoms with E-state index in [0.29, 0.717) is 0 Å². The molecule has 0 spiro atoms. The molecule has 0 aliphatic carbocycles. The summed E-state index contributed by atoms with van der Waals surface area (Å²) in [4.78, 5) is 15.6. The number of rotatable bonds is 4. The lowest BCUT2D eigenvalue weighted by molar-refractivity contribution is 0.0527. The maximum Gasteiger partial charge on any atom is 0.340 e. The van der Waals surface area contributed by atoms with Crippen LogP contribution in [0.25, 0.3) is 0 Å². The number of nitrogen functional groups attached to an aromatic ring is 1. The van der Waals surface area contributed by atoms with Crippen molar-refractivity contribution in [2.24, 2.45) is 0 Å². The van der Waals surface area contributed by atoms with Crippen LogP contribution in [-0.4, -0.2) is 17.6 Å². The highest BCUT2D eigenvalue weighted by molar-refractivity contribution is 5.95. The fourth-order valence-corrected chi connectivity index (χ4v) is 1.54. The van der Waals surface area contributed by atoms with Crippen LogP contribution >= 0.6 is 0 Å². The third-order valence-corrected chi connectivity index (χ3v) is 2.42. The Morgan fingerprint density at radius 2 is 2.20 bits per heavy atom. The van der Waals surface area contributed by atoms with Crippen LogP contribution in [0.4, 0.5) is 10.1 Å². The fraction of sp³-hybridized carbons (Fsp3) is 0.143.